The zero-order valence-corrected chi connectivity index (χ0v) is 20.2. The second-order valence-electron chi connectivity index (χ2n) is 3.81. The van der Waals surface area contributed by atoms with Crippen molar-refractivity contribution in [3.8, 4) is 0 Å². The first kappa shape index (κ1) is 21.1. The van der Waals surface area contributed by atoms with Gasteiger partial charge in [0.2, 0.25) is 0 Å². The van der Waals surface area contributed by atoms with Gasteiger partial charge in [-0.05, 0) is 0 Å². The summed E-state index contributed by atoms with van der Waals surface area (Å²) in [6.45, 7) is 3.40. The summed E-state index contributed by atoms with van der Waals surface area (Å²) in [5.41, 5.74) is 6.53. The SMILES string of the molecule is C[Si]1([Si](=O)[O-])C=C[Si](C)([Si](=O)[O-])C=C1.[K+].[K+]. The van der Waals surface area contributed by atoms with E-state index in [1.165, 1.54) is 0 Å². The van der Waals surface area contributed by atoms with Gasteiger partial charge in [-0.25, -0.2) is 0 Å². The van der Waals surface area contributed by atoms with E-state index in [9.17, 15) is 18.5 Å². The molecule has 76 valence electrons. The van der Waals surface area contributed by atoms with Gasteiger partial charge in [-0.2, -0.15) is 0 Å². The fraction of sp³-hybridized carbons (Fsp3) is 0.333. The second kappa shape index (κ2) is 8.18. The van der Waals surface area contributed by atoms with Gasteiger partial charge in [0, 0.05) is 0 Å². The summed E-state index contributed by atoms with van der Waals surface area (Å²) in [6, 6.07) is 0. The smallest absolute Gasteiger partial charge is 0.590 e. The van der Waals surface area contributed by atoms with Gasteiger partial charge in [-0.3, -0.25) is 0 Å². The quantitative estimate of drug-likeness (QED) is 0.469. The Labute approximate surface area is 185 Å². The van der Waals surface area contributed by atoms with Crippen LogP contribution in [0.15, 0.2) is 22.8 Å². The summed E-state index contributed by atoms with van der Waals surface area (Å²) >= 11 is 0. The van der Waals surface area contributed by atoms with Crippen LogP contribution in [0.2, 0.25) is 13.1 Å². The summed E-state index contributed by atoms with van der Waals surface area (Å²) < 4.78 is 21.9. The maximum atomic E-state index is 11.0. The minimum absolute atomic E-state index is 0. The molecule has 16 heavy (non-hydrogen) atoms. The number of hydrogen-bond acceptors (Lipinski definition) is 4. The van der Waals surface area contributed by atoms with Gasteiger partial charge >= 0.3 is 103 Å². The topological polar surface area (TPSA) is 80.3 Å². The van der Waals surface area contributed by atoms with E-state index in [0.29, 0.717) is 0 Å². The minimum atomic E-state index is -2.81. The van der Waals surface area contributed by atoms with Crippen LogP contribution in [0.25, 0.3) is 0 Å². The van der Waals surface area contributed by atoms with Crippen molar-refractivity contribution in [3.05, 3.63) is 22.8 Å². The third-order valence-corrected chi connectivity index (χ3v) is 15.6. The Kier molecular flexibility index (Phi) is 10.8. The molecule has 0 unspecified atom stereocenters. The van der Waals surface area contributed by atoms with E-state index in [-0.39, 0.29) is 103 Å². The fourth-order valence-electron chi connectivity index (χ4n) is 1.08. The maximum Gasteiger partial charge on any atom is 1.00 e. The molecule has 0 saturated heterocycles. The average Bonchev–Trinajstić information content (AvgIpc) is 2.10. The van der Waals surface area contributed by atoms with E-state index in [2.05, 4.69) is 0 Å². The molecule has 0 aliphatic carbocycles. The van der Waals surface area contributed by atoms with Gasteiger partial charge in [-0.15, -0.1) is 0 Å². The van der Waals surface area contributed by atoms with Gasteiger partial charge in [-0.1, -0.05) is 35.9 Å². The molecule has 0 amide bonds. The monoisotopic (exact) mass is 336 g/mol. The Morgan fingerprint density at radius 2 is 1.00 bits per heavy atom. The van der Waals surface area contributed by atoms with Gasteiger partial charge in [0.1, 0.15) is 32.1 Å². The van der Waals surface area contributed by atoms with Crippen molar-refractivity contribution in [2.75, 3.05) is 0 Å². The minimum Gasteiger partial charge on any atom is -0.590 e. The van der Waals surface area contributed by atoms with E-state index in [0.717, 1.165) is 0 Å². The average molecular weight is 337 g/mol. The molecule has 0 aromatic rings. The zero-order chi connectivity index (χ0) is 11.0. The van der Waals surface area contributed by atoms with Crippen LogP contribution in [0.4, 0.5) is 0 Å². The van der Waals surface area contributed by atoms with Crippen LogP contribution in [-0.2, 0) is 8.92 Å². The van der Waals surface area contributed by atoms with Crippen molar-refractivity contribution >= 4 is 32.1 Å². The van der Waals surface area contributed by atoms with Crippen molar-refractivity contribution in [2.45, 2.75) is 13.1 Å². The molecule has 1 rings (SSSR count). The third kappa shape index (κ3) is 5.07. The molecule has 0 bridgehead atoms. The Balaban J connectivity index is 0. The summed E-state index contributed by atoms with van der Waals surface area (Å²) in [7, 11) is -10.5. The predicted molar refractivity (Wildman–Crippen MR) is 54.4 cm³/mol. The molecule has 1 heterocycles. The van der Waals surface area contributed by atoms with Crippen molar-refractivity contribution < 1.29 is 121 Å². The van der Waals surface area contributed by atoms with Crippen LogP contribution in [0, 0.1) is 0 Å². The summed E-state index contributed by atoms with van der Waals surface area (Å²) in [4.78, 5) is 21.9. The van der Waals surface area contributed by atoms with Gasteiger partial charge in [0.05, 0.1) is 0 Å². The molecule has 10 heteroatoms. The molecule has 0 N–H and O–H groups in total. The molecule has 0 atom stereocenters. The molecule has 1 aliphatic heterocycles. The first-order chi connectivity index (χ1) is 6.30. The van der Waals surface area contributed by atoms with Crippen LogP contribution in [0.3, 0.4) is 0 Å². The molecule has 0 aromatic heterocycles. The fourth-order valence-corrected chi connectivity index (χ4v) is 12.0. The van der Waals surface area contributed by atoms with Crippen molar-refractivity contribution in [3.63, 3.8) is 0 Å². The molecule has 0 saturated carbocycles. The third-order valence-electron chi connectivity index (χ3n) is 2.43. The van der Waals surface area contributed by atoms with Crippen LogP contribution >= 0.6 is 0 Å². The molecule has 0 spiro atoms. The standard InChI is InChI=1S/C6H10O4Si4.2K/c1-13(11(7)8)3-5-14(2,6-4-13)12(9)10;;/h3-6H,1-2H3;;/q-2;2*+1. The van der Waals surface area contributed by atoms with Crippen molar-refractivity contribution in [1.82, 2.24) is 0 Å². The zero-order valence-electron chi connectivity index (χ0n) is 9.94. The molecular formula is C6H10K2O4Si4. The van der Waals surface area contributed by atoms with Crippen molar-refractivity contribution in [1.29, 1.82) is 0 Å². The number of hydrogen-bond donors (Lipinski definition) is 0. The van der Waals surface area contributed by atoms with Gasteiger partial charge in [0.25, 0.3) is 0 Å². The first-order valence-electron chi connectivity index (χ1n) is 4.14. The molecular weight excluding hydrogens is 327 g/mol. The van der Waals surface area contributed by atoms with Gasteiger partial charge < -0.3 is 18.5 Å². The molecule has 0 aromatic carbocycles. The normalized spacial score (nSPS) is 31.1. The van der Waals surface area contributed by atoms with Crippen LogP contribution < -0.4 is 112 Å². The summed E-state index contributed by atoms with van der Waals surface area (Å²) in [5.74, 6) is 0. The van der Waals surface area contributed by atoms with E-state index in [1.54, 1.807) is 35.9 Å². The molecule has 1 aliphatic rings. The Hall–Kier alpha value is 2.82. The Bertz CT molecular complexity index is 310. The van der Waals surface area contributed by atoms with Crippen molar-refractivity contribution in [2.24, 2.45) is 0 Å². The van der Waals surface area contributed by atoms with E-state index in [4.69, 9.17) is 0 Å². The van der Waals surface area contributed by atoms with Crippen LogP contribution in [-0.4, -0.2) is 32.1 Å². The predicted octanol–water partition coefficient (Wildman–Crippen LogP) is -7.85. The summed E-state index contributed by atoms with van der Waals surface area (Å²) in [6.07, 6.45) is 0. The largest absolute Gasteiger partial charge is 1.00 e. The van der Waals surface area contributed by atoms with E-state index >= 15 is 0 Å². The number of rotatable bonds is 2. The second-order valence-corrected chi connectivity index (χ2v) is 20.3. The van der Waals surface area contributed by atoms with Crippen LogP contribution in [0.5, 0.6) is 0 Å². The molecule has 0 fully saturated rings. The van der Waals surface area contributed by atoms with Gasteiger partial charge in [0.15, 0.2) is 0 Å². The maximum absolute atomic E-state index is 11.0. The molecule has 0 radical (unpaired) electrons. The molecule has 4 nitrogen and oxygen atoms in total. The summed E-state index contributed by atoms with van der Waals surface area (Å²) in [5, 5.41) is 0. The Morgan fingerprint density at radius 1 is 0.812 bits per heavy atom. The Morgan fingerprint density at radius 3 is 1.12 bits per heavy atom. The van der Waals surface area contributed by atoms with Crippen LogP contribution in [0.1, 0.15) is 0 Å². The van der Waals surface area contributed by atoms with E-state index < -0.39 is 32.1 Å². The van der Waals surface area contributed by atoms with E-state index in [1.807, 2.05) is 0 Å². The first-order valence-corrected chi connectivity index (χ1v) is 14.1.